The zero-order valence-corrected chi connectivity index (χ0v) is 8.16. The van der Waals surface area contributed by atoms with Gasteiger partial charge in [0, 0.05) is 33.2 Å². The molecule has 4 nitrogen and oxygen atoms in total. The Bertz CT molecular complexity index is 160. The van der Waals surface area contributed by atoms with Gasteiger partial charge in [-0.3, -0.25) is 4.79 Å². The first-order chi connectivity index (χ1) is 6.26. The fourth-order valence-electron chi connectivity index (χ4n) is 0.957. The molecule has 0 aliphatic heterocycles. The van der Waals surface area contributed by atoms with Crippen LogP contribution in [0.5, 0.6) is 0 Å². The van der Waals surface area contributed by atoms with Crippen LogP contribution in [0.2, 0.25) is 0 Å². The first-order valence-corrected chi connectivity index (χ1v) is 4.34. The van der Waals surface area contributed by atoms with Gasteiger partial charge in [0.15, 0.2) is 0 Å². The van der Waals surface area contributed by atoms with E-state index >= 15 is 0 Å². The number of ether oxygens (including phenoxy) is 1. The fraction of sp³-hybridized carbons (Fsp3) is 0.667. The fourth-order valence-corrected chi connectivity index (χ4v) is 0.957. The quantitative estimate of drug-likeness (QED) is 0.569. The molecule has 0 fully saturated rings. The van der Waals surface area contributed by atoms with Crippen molar-refractivity contribution in [3.63, 3.8) is 0 Å². The highest BCUT2D eigenvalue weighted by atomic mass is 16.5. The summed E-state index contributed by atoms with van der Waals surface area (Å²) in [5, 5.41) is 0. The minimum Gasteiger partial charge on any atom is -0.383 e. The van der Waals surface area contributed by atoms with E-state index in [1.165, 1.54) is 0 Å². The van der Waals surface area contributed by atoms with Crippen molar-refractivity contribution in [3.8, 4) is 0 Å². The Labute approximate surface area is 79.3 Å². The summed E-state index contributed by atoms with van der Waals surface area (Å²) in [4.78, 5) is 13.1. The van der Waals surface area contributed by atoms with Crippen molar-refractivity contribution in [1.82, 2.24) is 4.90 Å². The number of methoxy groups -OCH3 is 1. The number of rotatable bonds is 7. The van der Waals surface area contributed by atoms with E-state index in [4.69, 9.17) is 10.5 Å². The molecule has 0 aromatic heterocycles. The molecule has 0 aromatic rings. The van der Waals surface area contributed by atoms with Crippen molar-refractivity contribution in [2.45, 2.75) is 6.42 Å². The molecule has 0 heterocycles. The molecule has 0 spiro atoms. The van der Waals surface area contributed by atoms with Crippen LogP contribution in [0.3, 0.4) is 0 Å². The van der Waals surface area contributed by atoms with Crippen LogP contribution in [0, 0.1) is 0 Å². The molecule has 0 aromatic carbocycles. The van der Waals surface area contributed by atoms with Crippen LogP contribution < -0.4 is 5.73 Å². The zero-order chi connectivity index (χ0) is 10.1. The van der Waals surface area contributed by atoms with Crippen molar-refractivity contribution >= 4 is 5.91 Å². The Balaban J connectivity index is 3.90. The number of hydrogen-bond acceptors (Lipinski definition) is 3. The van der Waals surface area contributed by atoms with Gasteiger partial charge in [0.25, 0.3) is 0 Å². The maximum absolute atomic E-state index is 11.4. The third-order valence-corrected chi connectivity index (χ3v) is 1.63. The molecule has 0 radical (unpaired) electrons. The molecule has 0 unspecified atom stereocenters. The Kier molecular flexibility index (Phi) is 7.24. The first-order valence-electron chi connectivity index (χ1n) is 4.34. The number of hydrogen-bond donors (Lipinski definition) is 1. The predicted octanol–water partition coefficient (Wildman–Crippen LogP) is -0.00380. The van der Waals surface area contributed by atoms with Crippen molar-refractivity contribution < 1.29 is 9.53 Å². The van der Waals surface area contributed by atoms with Gasteiger partial charge >= 0.3 is 0 Å². The van der Waals surface area contributed by atoms with E-state index in [1.807, 2.05) is 0 Å². The van der Waals surface area contributed by atoms with Gasteiger partial charge < -0.3 is 15.4 Å². The summed E-state index contributed by atoms with van der Waals surface area (Å²) in [6.07, 6.45) is 2.08. The van der Waals surface area contributed by atoms with Crippen LogP contribution >= 0.6 is 0 Å². The highest BCUT2D eigenvalue weighted by molar-refractivity contribution is 5.76. The molecular weight excluding hydrogens is 168 g/mol. The van der Waals surface area contributed by atoms with Gasteiger partial charge in [-0.25, -0.2) is 0 Å². The molecule has 0 saturated heterocycles. The van der Waals surface area contributed by atoms with Crippen LogP contribution in [0.25, 0.3) is 0 Å². The number of carbonyl (C=O) groups excluding carboxylic acids is 1. The van der Waals surface area contributed by atoms with E-state index in [0.717, 1.165) is 0 Å². The van der Waals surface area contributed by atoms with E-state index in [-0.39, 0.29) is 5.91 Å². The molecule has 4 heteroatoms. The molecule has 0 aliphatic carbocycles. The first kappa shape index (κ1) is 12.1. The Morgan fingerprint density at radius 3 is 2.85 bits per heavy atom. The average molecular weight is 186 g/mol. The average Bonchev–Trinajstić information content (AvgIpc) is 2.12. The maximum atomic E-state index is 11.4. The third kappa shape index (κ3) is 5.38. The highest BCUT2D eigenvalue weighted by Gasteiger charge is 2.09. The summed E-state index contributed by atoms with van der Waals surface area (Å²) >= 11 is 0. The molecule has 0 aliphatic rings. The van der Waals surface area contributed by atoms with Gasteiger partial charge in [-0.15, -0.1) is 6.58 Å². The van der Waals surface area contributed by atoms with Gasteiger partial charge in [0.2, 0.25) is 5.91 Å². The van der Waals surface area contributed by atoms with E-state index in [9.17, 15) is 4.79 Å². The van der Waals surface area contributed by atoms with Crippen LogP contribution in [0.1, 0.15) is 6.42 Å². The van der Waals surface area contributed by atoms with Crippen molar-refractivity contribution in [2.24, 2.45) is 5.73 Å². The van der Waals surface area contributed by atoms with Crippen molar-refractivity contribution in [2.75, 3.05) is 33.4 Å². The lowest BCUT2D eigenvalue weighted by atomic mass is 10.3. The molecule has 2 N–H and O–H groups in total. The number of nitrogens with two attached hydrogens (primary N) is 1. The predicted molar refractivity (Wildman–Crippen MR) is 52.3 cm³/mol. The molecule has 0 saturated carbocycles. The lowest BCUT2D eigenvalue weighted by molar-refractivity contribution is -0.131. The smallest absolute Gasteiger partial charge is 0.224 e. The zero-order valence-electron chi connectivity index (χ0n) is 8.16. The number of carbonyl (C=O) groups is 1. The maximum Gasteiger partial charge on any atom is 0.224 e. The lowest BCUT2D eigenvalue weighted by Crippen LogP contribution is -2.35. The monoisotopic (exact) mass is 186 g/mol. The van der Waals surface area contributed by atoms with E-state index in [1.54, 1.807) is 18.1 Å². The number of amides is 1. The van der Waals surface area contributed by atoms with Crippen LogP contribution in [-0.2, 0) is 9.53 Å². The van der Waals surface area contributed by atoms with Gasteiger partial charge in [-0.05, 0) is 0 Å². The number of nitrogens with zero attached hydrogens (tertiary/aromatic N) is 1. The third-order valence-electron chi connectivity index (χ3n) is 1.63. The van der Waals surface area contributed by atoms with Gasteiger partial charge in [-0.1, -0.05) is 6.08 Å². The SMILES string of the molecule is C=CCN(CCOC)C(=O)CCN. The van der Waals surface area contributed by atoms with Crippen LogP contribution in [-0.4, -0.2) is 44.2 Å². The Hall–Kier alpha value is -0.870. The summed E-state index contributed by atoms with van der Waals surface area (Å²) < 4.78 is 4.89. The summed E-state index contributed by atoms with van der Waals surface area (Å²) in [5.74, 6) is 0.0550. The summed E-state index contributed by atoms with van der Waals surface area (Å²) in [6, 6.07) is 0. The minimum absolute atomic E-state index is 0.0550. The second-order valence-electron chi connectivity index (χ2n) is 2.66. The second-order valence-corrected chi connectivity index (χ2v) is 2.66. The lowest BCUT2D eigenvalue weighted by Gasteiger charge is -2.20. The highest BCUT2D eigenvalue weighted by Crippen LogP contribution is 1.93. The van der Waals surface area contributed by atoms with E-state index in [0.29, 0.717) is 32.7 Å². The second kappa shape index (κ2) is 7.76. The van der Waals surface area contributed by atoms with Crippen LogP contribution in [0.15, 0.2) is 12.7 Å². The van der Waals surface area contributed by atoms with Gasteiger partial charge in [0.1, 0.15) is 0 Å². The Morgan fingerprint density at radius 2 is 2.38 bits per heavy atom. The molecule has 76 valence electrons. The Morgan fingerprint density at radius 1 is 1.69 bits per heavy atom. The normalized spacial score (nSPS) is 9.69. The molecular formula is C9H18N2O2. The van der Waals surface area contributed by atoms with E-state index in [2.05, 4.69) is 6.58 Å². The molecule has 1 amide bonds. The summed E-state index contributed by atoms with van der Waals surface area (Å²) in [6.45, 7) is 5.68. The van der Waals surface area contributed by atoms with Gasteiger partial charge in [0.05, 0.1) is 6.61 Å². The largest absolute Gasteiger partial charge is 0.383 e. The molecule has 0 rings (SSSR count). The van der Waals surface area contributed by atoms with E-state index < -0.39 is 0 Å². The summed E-state index contributed by atoms with van der Waals surface area (Å²) in [7, 11) is 1.61. The van der Waals surface area contributed by atoms with Crippen LogP contribution in [0.4, 0.5) is 0 Å². The molecule has 0 bridgehead atoms. The molecule has 13 heavy (non-hydrogen) atoms. The topological polar surface area (TPSA) is 55.6 Å². The van der Waals surface area contributed by atoms with Crippen molar-refractivity contribution in [1.29, 1.82) is 0 Å². The molecule has 0 atom stereocenters. The summed E-state index contributed by atoms with van der Waals surface area (Å²) in [5.41, 5.74) is 5.29. The van der Waals surface area contributed by atoms with Gasteiger partial charge in [-0.2, -0.15) is 0 Å². The van der Waals surface area contributed by atoms with Crippen molar-refractivity contribution in [3.05, 3.63) is 12.7 Å². The minimum atomic E-state index is 0.0550. The standard InChI is InChI=1S/C9H18N2O2/c1-3-6-11(7-8-13-2)9(12)4-5-10/h3H,1,4-8,10H2,2H3.